The largest absolute Gasteiger partial charge is 0.494 e. The van der Waals surface area contributed by atoms with Crippen LogP contribution >= 0.6 is 0 Å². The third-order valence-electron chi connectivity index (χ3n) is 3.05. The maximum atomic E-state index is 8.41. The summed E-state index contributed by atoms with van der Waals surface area (Å²) in [6.45, 7) is 1.65. The van der Waals surface area contributed by atoms with Crippen LogP contribution in [-0.2, 0) is 6.54 Å². The molecule has 0 bridgehead atoms. The second-order valence-corrected chi connectivity index (χ2v) is 4.76. The van der Waals surface area contributed by atoms with E-state index in [4.69, 9.17) is 10.00 Å². The van der Waals surface area contributed by atoms with Gasteiger partial charge >= 0.3 is 0 Å². The van der Waals surface area contributed by atoms with E-state index in [0.717, 1.165) is 31.2 Å². The van der Waals surface area contributed by atoms with E-state index in [1.54, 1.807) is 0 Å². The normalized spacial score (nSPS) is 14.2. The first-order valence-electron chi connectivity index (χ1n) is 6.70. The Morgan fingerprint density at radius 2 is 2.00 bits per heavy atom. The summed E-state index contributed by atoms with van der Waals surface area (Å²) in [7, 11) is 0. The molecule has 96 valence electrons. The molecule has 0 aromatic heterocycles. The number of unbranched alkanes of at least 4 members (excludes halogenated alkanes) is 2. The highest BCUT2D eigenvalue weighted by atomic mass is 16.5. The maximum absolute atomic E-state index is 8.41. The summed E-state index contributed by atoms with van der Waals surface area (Å²) in [5.41, 5.74) is 1.30. The van der Waals surface area contributed by atoms with Crippen LogP contribution in [0.4, 0.5) is 0 Å². The molecule has 1 aliphatic rings. The van der Waals surface area contributed by atoms with Crippen molar-refractivity contribution in [2.45, 2.75) is 44.7 Å². The van der Waals surface area contributed by atoms with Gasteiger partial charge in [0.2, 0.25) is 0 Å². The number of benzene rings is 1. The van der Waals surface area contributed by atoms with Gasteiger partial charge in [0.05, 0.1) is 12.7 Å². The number of hydrogen-bond donors (Lipinski definition) is 1. The van der Waals surface area contributed by atoms with E-state index in [2.05, 4.69) is 23.5 Å². The van der Waals surface area contributed by atoms with Crippen molar-refractivity contribution < 1.29 is 4.74 Å². The molecule has 0 amide bonds. The molecule has 0 aliphatic heterocycles. The molecule has 1 aliphatic carbocycles. The predicted molar refractivity (Wildman–Crippen MR) is 71.3 cm³/mol. The monoisotopic (exact) mass is 244 g/mol. The molecule has 0 heterocycles. The molecule has 2 rings (SSSR count). The lowest BCUT2D eigenvalue weighted by atomic mass is 10.2. The van der Waals surface area contributed by atoms with Gasteiger partial charge in [0, 0.05) is 19.0 Å². The molecule has 1 aromatic carbocycles. The highest BCUT2D eigenvalue weighted by Gasteiger charge is 2.19. The second-order valence-electron chi connectivity index (χ2n) is 4.76. The van der Waals surface area contributed by atoms with Crippen LogP contribution in [0.15, 0.2) is 24.3 Å². The lowest BCUT2D eigenvalue weighted by Gasteiger charge is -2.07. The molecule has 18 heavy (non-hydrogen) atoms. The topological polar surface area (TPSA) is 45.0 Å². The van der Waals surface area contributed by atoms with Crippen molar-refractivity contribution >= 4 is 0 Å². The Hall–Kier alpha value is -1.53. The van der Waals surface area contributed by atoms with Gasteiger partial charge in [0.25, 0.3) is 0 Å². The molecule has 3 heteroatoms. The van der Waals surface area contributed by atoms with Gasteiger partial charge in [0.15, 0.2) is 0 Å². The van der Waals surface area contributed by atoms with E-state index < -0.39 is 0 Å². The fourth-order valence-electron chi connectivity index (χ4n) is 1.75. The molecule has 0 spiro atoms. The minimum atomic E-state index is 0.620. The van der Waals surface area contributed by atoms with Crippen LogP contribution in [0.3, 0.4) is 0 Å². The molecule has 0 unspecified atom stereocenters. The molecule has 0 radical (unpaired) electrons. The average molecular weight is 244 g/mol. The van der Waals surface area contributed by atoms with Crippen LogP contribution in [0, 0.1) is 11.3 Å². The van der Waals surface area contributed by atoms with Crippen molar-refractivity contribution in [1.82, 2.24) is 5.32 Å². The summed E-state index contributed by atoms with van der Waals surface area (Å²) < 4.78 is 5.62. The van der Waals surface area contributed by atoms with Gasteiger partial charge in [-0.25, -0.2) is 0 Å². The summed E-state index contributed by atoms with van der Waals surface area (Å²) in [5.74, 6) is 0.919. The molecule has 3 nitrogen and oxygen atoms in total. The molecule has 0 atom stereocenters. The van der Waals surface area contributed by atoms with Crippen molar-refractivity contribution in [3.8, 4) is 11.8 Å². The number of nitrogens with one attached hydrogen (secondary N) is 1. The zero-order chi connectivity index (χ0) is 12.6. The van der Waals surface area contributed by atoms with Crippen LogP contribution in [0.2, 0.25) is 0 Å². The fraction of sp³-hybridized carbons (Fsp3) is 0.533. The standard InChI is InChI=1S/C15H20N2O/c16-10-2-1-3-11-18-15-8-4-13(5-9-15)12-17-14-6-7-14/h4-5,8-9,14,17H,1-3,6-7,11-12H2. The van der Waals surface area contributed by atoms with Gasteiger partial charge in [-0.2, -0.15) is 5.26 Å². The second kappa shape index (κ2) is 7.03. The van der Waals surface area contributed by atoms with Crippen LogP contribution in [-0.4, -0.2) is 12.6 Å². The van der Waals surface area contributed by atoms with Gasteiger partial charge < -0.3 is 10.1 Å². The third-order valence-corrected chi connectivity index (χ3v) is 3.05. The number of hydrogen-bond acceptors (Lipinski definition) is 3. The number of rotatable bonds is 8. The van der Waals surface area contributed by atoms with Crippen LogP contribution < -0.4 is 10.1 Å². The summed E-state index contributed by atoms with van der Waals surface area (Å²) in [5, 5.41) is 11.9. The van der Waals surface area contributed by atoms with Crippen LogP contribution in [0.1, 0.15) is 37.7 Å². The van der Waals surface area contributed by atoms with Gasteiger partial charge in [-0.3, -0.25) is 0 Å². The van der Waals surface area contributed by atoms with Crippen LogP contribution in [0.25, 0.3) is 0 Å². The van der Waals surface area contributed by atoms with Crippen LogP contribution in [0.5, 0.6) is 5.75 Å². The molecule has 1 aromatic rings. The Bertz CT molecular complexity index is 390. The minimum absolute atomic E-state index is 0.620. The Balaban J connectivity index is 1.64. The average Bonchev–Trinajstić information content (AvgIpc) is 3.22. The first-order chi connectivity index (χ1) is 8.88. The smallest absolute Gasteiger partial charge is 0.119 e. The van der Waals surface area contributed by atoms with E-state index in [9.17, 15) is 0 Å². The Morgan fingerprint density at radius 1 is 1.22 bits per heavy atom. The Kier molecular flexibility index (Phi) is 5.04. The zero-order valence-corrected chi connectivity index (χ0v) is 10.7. The van der Waals surface area contributed by atoms with Crippen molar-refractivity contribution in [3.05, 3.63) is 29.8 Å². The van der Waals surface area contributed by atoms with Gasteiger partial charge in [-0.05, 0) is 43.4 Å². The molecular weight excluding hydrogens is 224 g/mol. The number of nitriles is 1. The fourth-order valence-corrected chi connectivity index (χ4v) is 1.75. The summed E-state index contributed by atoms with van der Waals surface area (Å²) >= 11 is 0. The molecule has 1 fully saturated rings. The third kappa shape index (κ3) is 4.77. The van der Waals surface area contributed by atoms with E-state index in [-0.39, 0.29) is 0 Å². The summed E-state index contributed by atoms with van der Waals surface area (Å²) in [4.78, 5) is 0. The Morgan fingerprint density at radius 3 is 2.67 bits per heavy atom. The highest BCUT2D eigenvalue weighted by molar-refractivity contribution is 5.27. The Labute approximate surface area is 109 Å². The van der Waals surface area contributed by atoms with Crippen molar-refractivity contribution in [3.63, 3.8) is 0 Å². The number of ether oxygens (including phenoxy) is 1. The number of nitrogens with zero attached hydrogens (tertiary/aromatic N) is 1. The van der Waals surface area contributed by atoms with Crippen molar-refractivity contribution in [1.29, 1.82) is 5.26 Å². The van der Waals surface area contributed by atoms with E-state index in [0.29, 0.717) is 13.0 Å². The van der Waals surface area contributed by atoms with E-state index in [1.807, 2.05) is 12.1 Å². The molecule has 0 saturated heterocycles. The maximum Gasteiger partial charge on any atom is 0.119 e. The molecular formula is C15H20N2O. The molecule has 1 N–H and O–H groups in total. The summed E-state index contributed by atoms with van der Waals surface area (Å²) in [6.07, 6.45) is 5.13. The lowest BCUT2D eigenvalue weighted by molar-refractivity contribution is 0.307. The predicted octanol–water partition coefficient (Wildman–Crippen LogP) is 3.01. The van der Waals surface area contributed by atoms with E-state index >= 15 is 0 Å². The molecule has 1 saturated carbocycles. The lowest BCUT2D eigenvalue weighted by Crippen LogP contribution is -2.15. The first kappa shape index (κ1) is 12.9. The van der Waals surface area contributed by atoms with Gasteiger partial charge in [-0.1, -0.05) is 12.1 Å². The zero-order valence-electron chi connectivity index (χ0n) is 10.7. The summed E-state index contributed by atoms with van der Waals surface area (Å²) in [6, 6.07) is 11.2. The highest BCUT2D eigenvalue weighted by Crippen LogP contribution is 2.20. The first-order valence-corrected chi connectivity index (χ1v) is 6.70. The van der Waals surface area contributed by atoms with Gasteiger partial charge in [0.1, 0.15) is 5.75 Å². The van der Waals surface area contributed by atoms with Crippen molar-refractivity contribution in [2.75, 3.05) is 6.61 Å². The van der Waals surface area contributed by atoms with Gasteiger partial charge in [-0.15, -0.1) is 0 Å². The minimum Gasteiger partial charge on any atom is -0.494 e. The quantitative estimate of drug-likeness (QED) is 0.715. The SMILES string of the molecule is N#CCCCCOc1ccc(CNC2CC2)cc1. The van der Waals surface area contributed by atoms with E-state index in [1.165, 1.54) is 18.4 Å². The van der Waals surface area contributed by atoms with Crippen molar-refractivity contribution in [2.24, 2.45) is 0 Å².